The largest absolute Gasteiger partial charge is 0.313 e. The van der Waals surface area contributed by atoms with Crippen LogP contribution in [-0.4, -0.2) is 12.6 Å². The molecule has 0 aliphatic heterocycles. The van der Waals surface area contributed by atoms with E-state index in [0.29, 0.717) is 10.8 Å². The Balaban J connectivity index is 1.80. The molecule has 1 heteroatoms. The SMILES string of the molecule is CC1(CNC2CCCC2(C)C)CCC1. The third-order valence-corrected chi connectivity index (χ3v) is 4.59. The number of rotatable bonds is 3. The summed E-state index contributed by atoms with van der Waals surface area (Å²) in [4.78, 5) is 0. The van der Waals surface area contributed by atoms with Crippen molar-refractivity contribution in [3.8, 4) is 0 Å². The molecule has 0 radical (unpaired) electrons. The first-order chi connectivity index (χ1) is 6.52. The lowest BCUT2D eigenvalue weighted by Crippen LogP contribution is -2.45. The summed E-state index contributed by atoms with van der Waals surface area (Å²) in [5.41, 5.74) is 1.18. The maximum Gasteiger partial charge on any atom is 0.0118 e. The number of hydrogen-bond acceptors (Lipinski definition) is 1. The summed E-state index contributed by atoms with van der Waals surface area (Å²) in [5, 5.41) is 3.81. The lowest BCUT2D eigenvalue weighted by molar-refractivity contribution is 0.138. The Kier molecular flexibility index (Phi) is 2.63. The summed E-state index contributed by atoms with van der Waals surface area (Å²) < 4.78 is 0. The molecule has 1 atom stereocenters. The molecule has 0 aromatic heterocycles. The maximum atomic E-state index is 3.81. The molecule has 0 saturated heterocycles. The first-order valence-corrected chi connectivity index (χ1v) is 6.25. The molecule has 0 heterocycles. The summed E-state index contributed by atoms with van der Waals surface area (Å²) in [5.74, 6) is 0. The van der Waals surface area contributed by atoms with E-state index in [1.807, 2.05) is 0 Å². The molecular weight excluding hydrogens is 170 g/mol. The molecule has 1 N–H and O–H groups in total. The number of hydrogen-bond donors (Lipinski definition) is 1. The minimum Gasteiger partial charge on any atom is -0.313 e. The van der Waals surface area contributed by atoms with Gasteiger partial charge in [0.1, 0.15) is 0 Å². The first kappa shape index (κ1) is 10.5. The Hall–Kier alpha value is -0.0400. The zero-order valence-electron chi connectivity index (χ0n) is 10.0. The van der Waals surface area contributed by atoms with E-state index < -0.39 is 0 Å². The summed E-state index contributed by atoms with van der Waals surface area (Å²) in [7, 11) is 0. The fourth-order valence-electron chi connectivity index (χ4n) is 3.03. The van der Waals surface area contributed by atoms with Gasteiger partial charge in [-0.05, 0) is 36.5 Å². The zero-order valence-corrected chi connectivity index (χ0v) is 10.0. The van der Waals surface area contributed by atoms with Crippen LogP contribution in [0.4, 0.5) is 0 Å². The Labute approximate surface area is 88.7 Å². The van der Waals surface area contributed by atoms with Crippen LogP contribution in [0.15, 0.2) is 0 Å². The molecule has 1 nitrogen and oxygen atoms in total. The van der Waals surface area contributed by atoms with E-state index in [4.69, 9.17) is 0 Å². The normalized spacial score (nSPS) is 34.1. The van der Waals surface area contributed by atoms with E-state index in [1.54, 1.807) is 0 Å². The van der Waals surface area contributed by atoms with Gasteiger partial charge in [-0.2, -0.15) is 0 Å². The van der Waals surface area contributed by atoms with Gasteiger partial charge in [-0.3, -0.25) is 0 Å². The molecule has 2 aliphatic rings. The molecule has 2 fully saturated rings. The maximum absolute atomic E-state index is 3.81. The van der Waals surface area contributed by atoms with E-state index in [1.165, 1.54) is 45.1 Å². The van der Waals surface area contributed by atoms with Gasteiger partial charge in [-0.25, -0.2) is 0 Å². The van der Waals surface area contributed by atoms with Gasteiger partial charge in [0.25, 0.3) is 0 Å². The predicted octanol–water partition coefficient (Wildman–Crippen LogP) is 3.34. The molecule has 0 aromatic carbocycles. The van der Waals surface area contributed by atoms with Crippen LogP contribution in [0, 0.1) is 10.8 Å². The zero-order chi connectivity index (χ0) is 10.2. The average Bonchev–Trinajstić information content (AvgIpc) is 2.38. The fraction of sp³-hybridized carbons (Fsp3) is 1.00. The van der Waals surface area contributed by atoms with Gasteiger partial charge in [0, 0.05) is 12.6 Å². The molecule has 1 unspecified atom stereocenters. The highest BCUT2D eigenvalue weighted by atomic mass is 15.0. The summed E-state index contributed by atoms with van der Waals surface area (Å²) >= 11 is 0. The summed E-state index contributed by atoms with van der Waals surface area (Å²) in [6, 6.07) is 0.778. The van der Waals surface area contributed by atoms with Crippen molar-refractivity contribution in [3.63, 3.8) is 0 Å². The quantitative estimate of drug-likeness (QED) is 0.728. The van der Waals surface area contributed by atoms with E-state index >= 15 is 0 Å². The molecule has 0 spiro atoms. The van der Waals surface area contributed by atoms with Crippen LogP contribution in [0.3, 0.4) is 0 Å². The van der Waals surface area contributed by atoms with Crippen LogP contribution in [0.2, 0.25) is 0 Å². The van der Waals surface area contributed by atoms with Gasteiger partial charge < -0.3 is 5.32 Å². The van der Waals surface area contributed by atoms with Crippen molar-refractivity contribution in [2.45, 2.75) is 65.3 Å². The molecule has 0 aromatic rings. The molecule has 14 heavy (non-hydrogen) atoms. The van der Waals surface area contributed by atoms with Crippen molar-refractivity contribution in [2.24, 2.45) is 10.8 Å². The second kappa shape index (κ2) is 3.52. The van der Waals surface area contributed by atoms with Gasteiger partial charge in [0.05, 0.1) is 0 Å². The van der Waals surface area contributed by atoms with Gasteiger partial charge in [0.15, 0.2) is 0 Å². The van der Waals surface area contributed by atoms with Crippen molar-refractivity contribution >= 4 is 0 Å². The standard InChI is InChI=1S/C13H25N/c1-12(2)7-4-6-11(12)14-10-13(3)8-5-9-13/h11,14H,4-10H2,1-3H3. The smallest absolute Gasteiger partial charge is 0.0118 e. The number of nitrogens with one attached hydrogen (secondary N) is 1. The summed E-state index contributed by atoms with van der Waals surface area (Å²) in [6.45, 7) is 8.52. The third kappa shape index (κ3) is 1.98. The van der Waals surface area contributed by atoms with Crippen LogP contribution < -0.4 is 5.32 Å². The van der Waals surface area contributed by atoms with E-state index in [2.05, 4.69) is 26.1 Å². The van der Waals surface area contributed by atoms with Crippen molar-refractivity contribution in [3.05, 3.63) is 0 Å². The lowest BCUT2D eigenvalue weighted by Gasteiger charge is -2.41. The van der Waals surface area contributed by atoms with Gasteiger partial charge in [0.2, 0.25) is 0 Å². The topological polar surface area (TPSA) is 12.0 Å². The van der Waals surface area contributed by atoms with Crippen molar-refractivity contribution in [1.82, 2.24) is 5.32 Å². The minimum atomic E-state index is 0.542. The minimum absolute atomic E-state index is 0.542. The Morgan fingerprint density at radius 3 is 2.21 bits per heavy atom. The van der Waals surface area contributed by atoms with E-state index in [-0.39, 0.29) is 0 Å². The third-order valence-electron chi connectivity index (χ3n) is 4.59. The van der Waals surface area contributed by atoms with E-state index in [0.717, 1.165) is 6.04 Å². The van der Waals surface area contributed by atoms with Crippen LogP contribution >= 0.6 is 0 Å². The Morgan fingerprint density at radius 1 is 1.07 bits per heavy atom. The fourth-order valence-corrected chi connectivity index (χ4v) is 3.03. The molecule has 82 valence electrons. The van der Waals surface area contributed by atoms with Crippen LogP contribution in [0.1, 0.15) is 59.3 Å². The van der Waals surface area contributed by atoms with Crippen molar-refractivity contribution < 1.29 is 0 Å². The molecule has 2 rings (SSSR count). The molecule has 0 bridgehead atoms. The second-order valence-electron chi connectivity index (χ2n) is 6.48. The Bertz CT molecular complexity index is 203. The highest BCUT2D eigenvalue weighted by molar-refractivity contribution is 4.93. The van der Waals surface area contributed by atoms with Gasteiger partial charge in [-0.15, -0.1) is 0 Å². The Morgan fingerprint density at radius 2 is 1.79 bits per heavy atom. The first-order valence-electron chi connectivity index (χ1n) is 6.25. The molecule has 2 aliphatic carbocycles. The highest BCUT2D eigenvalue weighted by Gasteiger charge is 2.37. The van der Waals surface area contributed by atoms with Gasteiger partial charge >= 0.3 is 0 Å². The van der Waals surface area contributed by atoms with Crippen LogP contribution in [0.5, 0.6) is 0 Å². The van der Waals surface area contributed by atoms with Crippen LogP contribution in [-0.2, 0) is 0 Å². The van der Waals surface area contributed by atoms with Gasteiger partial charge in [-0.1, -0.05) is 33.6 Å². The molecule has 0 amide bonds. The van der Waals surface area contributed by atoms with Crippen molar-refractivity contribution in [2.75, 3.05) is 6.54 Å². The van der Waals surface area contributed by atoms with Crippen molar-refractivity contribution in [1.29, 1.82) is 0 Å². The molecule has 2 saturated carbocycles. The van der Waals surface area contributed by atoms with E-state index in [9.17, 15) is 0 Å². The molecular formula is C13H25N. The predicted molar refractivity (Wildman–Crippen MR) is 61.4 cm³/mol. The van der Waals surface area contributed by atoms with Crippen LogP contribution in [0.25, 0.3) is 0 Å². The second-order valence-corrected chi connectivity index (χ2v) is 6.48. The summed E-state index contributed by atoms with van der Waals surface area (Å²) in [6.07, 6.45) is 8.54. The highest BCUT2D eigenvalue weighted by Crippen LogP contribution is 2.41. The average molecular weight is 195 g/mol. The lowest BCUT2D eigenvalue weighted by atomic mass is 9.70. The monoisotopic (exact) mass is 195 g/mol.